The van der Waals surface area contributed by atoms with E-state index >= 15 is 0 Å². The Kier molecular flexibility index (Phi) is 6.11. The fourth-order valence-electron chi connectivity index (χ4n) is 5.69. The number of aromatic amines is 1. The summed E-state index contributed by atoms with van der Waals surface area (Å²) in [6.07, 6.45) is 10.9. The van der Waals surface area contributed by atoms with Gasteiger partial charge in [-0.1, -0.05) is 30.3 Å². The highest BCUT2D eigenvalue weighted by atomic mass is 32.2. The predicted molar refractivity (Wildman–Crippen MR) is 141 cm³/mol. The van der Waals surface area contributed by atoms with Gasteiger partial charge in [0.1, 0.15) is 10.7 Å². The molecule has 4 aromatic rings. The van der Waals surface area contributed by atoms with Crippen molar-refractivity contribution in [3.63, 3.8) is 0 Å². The molecule has 2 aliphatic rings. The molecule has 186 valence electrons. The fraction of sp³-hybridized carbons (Fsp3) is 0.321. The van der Waals surface area contributed by atoms with Crippen LogP contribution in [0.1, 0.15) is 31.2 Å². The van der Waals surface area contributed by atoms with E-state index in [-0.39, 0.29) is 11.9 Å². The fourth-order valence-corrected chi connectivity index (χ4v) is 7.57. The number of hydrogen-bond acceptors (Lipinski definition) is 4. The molecule has 2 aromatic carbocycles. The highest BCUT2D eigenvalue weighted by Crippen LogP contribution is 2.33. The van der Waals surface area contributed by atoms with Gasteiger partial charge < -0.3 is 4.98 Å². The SMILES string of the molecule is O=S(=O)(c1cncc2ccccc12)N1CCCC1CCN1CC=C(c2c[nH]c3cc(F)ccc23)CC1. The molecule has 0 amide bonds. The molecule has 1 saturated heterocycles. The highest BCUT2D eigenvalue weighted by Gasteiger charge is 2.36. The number of nitrogens with zero attached hydrogens (tertiary/aromatic N) is 3. The highest BCUT2D eigenvalue weighted by molar-refractivity contribution is 7.89. The first kappa shape index (κ1) is 23.3. The minimum atomic E-state index is -3.62. The third kappa shape index (κ3) is 4.23. The van der Waals surface area contributed by atoms with Gasteiger partial charge in [0.05, 0.1) is 0 Å². The van der Waals surface area contributed by atoms with E-state index in [0.29, 0.717) is 11.4 Å². The van der Waals surface area contributed by atoms with Gasteiger partial charge in [-0.05, 0) is 56.0 Å². The topological polar surface area (TPSA) is 69.3 Å². The Morgan fingerprint density at radius 1 is 1.08 bits per heavy atom. The second-order valence-electron chi connectivity index (χ2n) is 9.73. The summed E-state index contributed by atoms with van der Waals surface area (Å²) in [4.78, 5) is 10.1. The molecule has 36 heavy (non-hydrogen) atoms. The third-order valence-electron chi connectivity index (χ3n) is 7.60. The number of halogens is 1. The maximum Gasteiger partial charge on any atom is 0.245 e. The Balaban J connectivity index is 1.14. The van der Waals surface area contributed by atoms with Crippen molar-refractivity contribution in [2.75, 3.05) is 26.2 Å². The van der Waals surface area contributed by atoms with E-state index in [1.807, 2.05) is 36.5 Å². The van der Waals surface area contributed by atoms with Gasteiger partial charge in [0.15, 0.2) is 0 Å². The van der Waals surface area contributed by atoms with Crippen LogP contribution in [-0.2, 0) is 10.0 Å². The Hall–Kier alpha value is -3.07. The van der Waals surface area contributed by atoms with Gasteiger partial charge in [0, 0.05) is 71.5 Å². The molecule has 4 heterocycles. The van der Waals surface area contributed by atoms with Crippen LogP contribution in [0.4, 0.5) is 4.39 Å². The van der Waals surface area contributed by atoms with E-state index < -0.39 is 10.0 Å². The number of sulfonamides is 1. The van der Waals surface area contributed by atoms with Gasteiger partial charge >= 0.3 is 0 Å². The van der Waals surface area contributed by atoms with Gasteiger partial charge in [0.25, 0.3) is 0 Å². The van der Waals surface area contributed by atoms with E-state index in [9.17, 15) is 12.8 Å². The van der Waals surface area contributed by atoms with Crippen molar-refractivity contribution in [2.24, 2.45) is 0 Å². The molecule has 2 aliphatic heterocycles. The van der Waals surface area contributed by atoms with Crippen LogP contribution in [0.25, 0.3) is 27.2 Å². The standard InChI is InChI=1S/C28H29FN4O2S/c29-22-7-8-25-26(18-31-27(25)16-22)20-9-13-32(14-10-20)15-11-23-5-3-12-33(23)36(34,35)28-19-30-17-21-4-1-2-6-24(21)28/h1-2,4,6-9,16-19,23,31H,3,5,10-15H2. The molecule has 6 nitrogen and oxygen atoms in total. The maximum atomic E-state index is 13.6. The second kappa shape index (κ2) is 9.42. The van der Waals surface area contributed by atoms with Gasteiger partial charge in [0.2, 0.25) is 10.0 Å². The zero-order valence-electron chi connectivity index (χ0n) is 20.0. The Labute approximate surface area is 210 Å². The van der Waals surface area contributed by atoms with Crippen LogP contribution in [0.5, 0.6) is 0 Å². The van der Waals surface area contributed by atoms with Crippen molar-refractivity contribution >= 4 is 37.3 Å². The largest absolute Gasteiger partial charge is 0.360 e. The molecule has 0 aliphatic carbocycles. The summed E-state index contributed by atoms with van der Waals surface area (Å²) >= 11 is 0. The normalized spacial score (nSPS) is 19.8. The van der Waals surface area contributed by atoms with Gasteiger partial charge in [-0.2, -0.15) is 4.31 Å². The number of fused-ring (bicyclic) bond motifs is 2. The van der Waals surface area contributed by atoms with Crippen LogP contribution >= 0.6 is 0 Å². The number of nitrogens with one attached hydrogen (secondary N) is 1. The summed E-state index contributed by atoms with van der Waals surface area (Å²) in [5.41, 5.74) is 3.23. The molecule has 1 atom stereocenters. The average Bonchev–Trinajstić information content (AvgIpc) is 3.55. The lowest BCUT2D eigenvalue weighted by Gasteiger charge is -2.30. The number of aromatic nitrogens is 2. The molecule has 0 bridgehead atoms. The lowest BCUT2D eigenvalue weighted by Crippen LogP contribution is -2.39. The monoisotopic (exact) mass is 504 g/mol. The predicted octanol–water partition coefficient (Wildman–Crippen LogP) is 5.19. The first-order valence-electron chi connectivity index (χ1n) is 12.5. The van der Waals surface area contributed by atoms with Crippen LogP contribution in [0, 0.1) is 5.82 Å². The van der Waals surface area contributed by atoms with E-state index in [4.69, 9.17) is 0 Å². The minimum absolute atomic E-state index is 0.00265. The number of rotatable bonds is 6. The molecule has 0 spiro atoms. The van der Waals surface area contributed by atoms with Crippen LogP contribution in [0.2, 0.25) is 0 Å². The number of H-pyrrole nitrogens is 1. The quantitative estimate of drug-likeness (QED) is 0.393. The molecule has 8 heteroatoms. The minimum Gasteiger partial charge on any atom is -0.360 e. The summed E-state index contributed by atoms with van der Waals surface area (Å²) in [5.74, 6) is -0.237. The van der Waals surface area contributed by atoms with Crippen LogP contribution in [-0.4, -0.2) is 59.8 Å². The Bertz CT molecular complexity index is 1560. The molecule has 1 N–H and O–H groups in total. The Morgan fingerprint density at radius 3 is 2.83 bits per heavy atom. The van der Waals surface area contributed by atoms with Crippen LogP contribution < -0.4 is 0 Å². The van der Waals surface area contributed by atoms with Gasteiger partial charge in [-0.25, -0.2) is 12.8 Å². The van der Waals surface area contributed by atoms with Crippen molar-refractivity contribution in [3.05, 3.63) is 78.5 Å². The Morgan fingerprint density at radius 2 is 1.97 bits per heavy atom. The first-order valence-corrected chi connectivity index (χ1v) is 14.0. The summed E-state index contributed by atoms with van der Waals surface area (Å²) in [6, 6.07) is 12.4. The van der Waals surface area contributed by atoms with E-state index in [1.54, 1.807) is 10.5 Å². The summed E-state index contributed by atoms with van der Waals surface area (Å²) in [5, 5.41) is 2.61. The summed E-state index contributed by atoms with van der Waals surface area (Å²) in [6.45, 7) is 3.16. The van der Waals surface area contributed by atoms with Crippen LogP contribution in [0.3, 0.4) is 0 Å². The lowest BCUT2D eigenvalue weighted by molar-refractivity contribution is 0.262. The summed E-state index contributed by atoms with van der Waals surface area (Å²) in [7, 11) is -3.62. The molecule has 1 fully saturated rings. The maximum absolute atomic E-state index is 13.6. The number of benzene rings is 2. The molecule has 0 radical (unpaired) electrons. The van der Waals surface area contributed by atoms with Crippen molar-refractivity contribution < 1.29 is 12.8 Å². The molecule has 1 unspecified atom stereocenters. The number of hydrogen-bond donors (Lipinski definition) is 1. The van der Waals surface area contributed by atoms with Crippen molar-refractivity contribution in [3.8, 4) is 0 Å². The zero-order chi connectivity index (χ0) is 24.7. The third-order valence-corrected chi connectivity index (χ3v) is 9.58. The second-order valence-corrected chi connectivity index (χ2v) is 11.6. The van der Waals surface area contributed by atoms with Gasteiger partial charge in [-0.3, -0.25) is 9.88 Å². The molecule has 0 saturated carbocycles. The molecule has 6 rings (SSSR count). The first-order chi connectivity index (χ1) is 17.5. The van der Waals surface area contributed by atoms with E-state index in [1.165, 1.54) is 23.9 Å². The van der Waals surface area contributed by atoms with Crippen molar-refractivity contribution in [1.29, 1.82) is 0 Å². The van der Waals surface area contributed by atoms with Crippen LogP contribution in [0.15, 0.2) is 72.0 Å². The molecular formula is C28H29FN4O2S. The van der Waals surface area contributed by atoms with Crippen molar-refractivity contribution in [1.82, 2.24) is 19.2 Å². The summed E-state index contributed by atoms with van der Waals surface area (Å²) < 4.78 is 42.5. The van der Waals surface area contributed by atoms with E-state index in [2.05, 4.69) is 20.9 Å². The molecule has 2 aromatic heterocycles. The molecular weight excluding hydrogens is 475 g/mol. The van der Waals surface area contributed by atoms with Gasteiger partial charge in [-0.15, -0.1) is 0 Å². The van der Waals surface area contributed by atoms with E-state index in [0.717, 1.165) is 72.6 Å². The average molecular weight is 505 g/mol. The zero-order valence-corrected chi connectivity index (χ0v) is 20.8. The lowest BCUT2D eigenvalue weighted by atomic mass is 9.98. The smallest absolute Gasteiger partial charge is 0.245 e. The van der Waals surface area contributed by atoms with Crippen molar-refractivity contribution in [2.45, 2.75) is 36.6 Å². The number of pyridine rings is 1.